The molecule has 1 aromatic carbocycles. The van der Waals surface area contributed by atoms with Gasteiger partial charge in [0.15, 0.2) is 5.96 Å². The second kappa shape index (κ2) is 8.40. The Morgan fingerprint density at radius 3 is 2.63 bits per heavy atom. The number of aryl methyl sites for hydroxylation is 1. The van der Waals surface area contributed by atoms with Crippen LogP contribution in [0.1, 0.15) is 25.8 Å². The Bertz CT molecular complexity index is 385. The Morgan fingerprint density at radius 2 is 2.00 bits per heavy atom. The summed E-state index contributed by atoms with van der Waals surface area (Å²) in [7, 11) is 0. The Morgan fingerprint density at radius 1 is 1.32 bits per heavy atom. The first-order chi connectivity index (χ1) is 9.08. The molecule has 0 saturated carbocycles. The highest BCUT2D eigenvalue weighted by atomic mass is 16.5. The van der Waals surface area contributed by atoms with Crippen molar-refractivity contribution in [2.24, 2.45) is 16.6 Å². The van der Waals surface area contributed by atoms with Gasteiger partial charge in [0, 0.05) is 13.1 Å². The fourth-order valence-corrected chi connectivity index (χ4v) is 1.45. The smallest absolute Gasteiger partial charge is 0.188 e. The van der Waals surface area contributed by atoms with Crippen LogP contribution >= 0.6 is 0 Å². The third-order valence-corrected chi connectivity index (χ3v) is 2.54. The Balaban J connectivity index is 2.11. The minimum absolute atomic E-state index is 0.518. The van der Waals surface area contributed by atoms with E-state index in [2.05, 4.69) is 31.1 Å². The predicted molar refractivity (Wildman–Crippen MR) is 80.6 cm³/mol. The summed E-state index contributed by atoms with van der Waals surface area (Å²) in [4.78, 5) is 4.23. The van der Waals surface area contributed by atoms with E-state index < -0.39 is 0 Å². The fourth-order valence-electron chi connectivity index (χ4n) is 1.45. The van der Waals surface area contributed by atoms with E-state index in [-0.39, 0.29) is 0 Å². The van der Waals surface area contributed by atoms with Crippen molar-refractivity contribution >= 4 is 5.96 Å². The largest absolute Gasteiger partial charge is 0.494 e. The maximum absolute atomic E-state index is 5.73. The summed E-state index contributed by atoms with van der Waals surface area (Å²) in [5, 5.41) is 3.08. The van der Waals surface area contributed by atoms with E-state index in [1.807, 2.05) is 24.3 Å². The predicted octanol–water partition coefficient (Wildman–Crippen LogP) is 2.32. The zero-order chi connectivity index (χ0) is 14.1. The Hall–Kier alpha value is -1.71. The van der Waals surface area contributed by atoms with Gasteiger partial charge in [-0.1, -0.05) is 31.5 Å². The average molecular weight is 263 g/mol. The summed E-state index contributed by atoms with van der Waals surface area (Å²) < 4.78 is 5.62. The molecule has 0 atom stereocenters. The highest BCUT2D eigenvalue weighted by Crippen LogP contribution is 2.11. The van der Waals surface area contributed by atoms with E-state index in [0.29, 0.717) is 18.5 Å². The fraction of sp³-hybridized carbons (Fsp3) is 0.533. The molecule has 0 bridgehead atoms. The standard InChI is InChI=1S/C15H25N3O/c1-12(2)11-18-15(16)17-9-4-10-19-14-7-5-13(3)6-8-14/h5-8,12H,4,9-11H2,1-3H3,(H3,16,17,18). The monoisotopic (exact) mass is 263 g/mol. The lowest BCUT2D eigenvalue weighted by atomic mass is 10.2. The topological polar surface area (TPSA) is 59.6 Å². The van der Waals surface area contributed by atoms with Gasteiger partial charge in [-0.05, 0) is 31.4 Å². The van der Waals surface area contributed by atoms with Crippen molar-refractivity contribution in [1.82, 2.24) is 5.32 Å². The molecule has 1 aromatic rings. The molecule has 0 spiro atoms. The van der Waals surface area contributed by atoms with Gasteiger partial charge < -0.3 is 15.8 Å². The molecule has 3 N–H and O–H groups in total. The van der Waals surface area contributed by atoms with Crippen LogP contribution in [0.2, 0.25) is 0 Å². The van der Waals surface area contributed by atoms with Crippen LogP contribution in [0, 0.1) is 12.8 Å². The summed E-state index contributed by atoms with van der Waals surface area (Å²) in [5.74, 6) is 1.96. The molecule has 0 aliphatic rings. The van der Waals surface area contributed by atoms with Crippen LogP contribution < -0.4 is 15.8 Å². The summed E-state index contributed by atoms with van der Waals surface area (Å²) in [5.41, 5.74) is 6.97. The molecule has 4 nitrogen and oxygen atoms in total. The molecule has 0 saturated heterocycles. The molecule has 0 aromatic heterocycles. The number of benzene rings is 1. The summed E-state index contributed by atoms with van der Waals surface area (Å²) >= 11 is 0. The van der Waals surface area contributed by atoms with E-state index >= 15 is 0 Å². The first-order valence-electron chi connectivity index (χ1n) is 6.81. The lowest BCUT2D eigenvalue weighted by Gasteiger charge is -2.08. The zero-order valence-corrected chi connectivity index (χ0v) is 12.1. The van der Waals surface area contributed by atoms with Crippen LogP contribution in [0.3, 0.4) is 0 Å². The third-order valence-electron chi connectivity index (χ3n) is 2.54. The van der Waals surface area contributed by atoms with Crippen LogP contribution in [0.15, 0.2) is 29.3 Å². The maximum Gasteiger partial charge on any atom is 0.188 e. The normalized spacial score (nSPS) is 11.7. The number of hydrogen-bond donors (Lipinski definition) is 2. The number of guanidine groups is 1. The minimum atomic E-state index is 0.518. The Labute approximate surface area is 116 Å². The van der Waals surface area contributed by atoms with Crippen molar-refractivity contribution in [3.63, 3.8) is 0 Å². The Kier molecular flexibility index (Phi) is 6.79. The molecule has 1 rings (SSSR count). The molecule has 19 heavy (non-hydrogen) atoms. The van der Waals surface area contributed by atoms with Crippen molar-refractivity contribution in [3.05, 3.63) is 29.8 Å². The van der Waals surface area contributed by atoms with Gasteiger partial charge in [-0.2, -0.15) is 0 Å². The number of nitrogens with one attached hydrogen (secondary N) is 1. The van der Waals surface area contributed by atoms with Crippen molar-refractivity contribution < 1.29 is 4.74 Å². The summed E-state index contributed by atoms with van der Waals surface area (Å²) in [6.45, 7) is 8.51. The van der Waals surface area contributed by atoms with Crippen molar-refractivity contribution in [2.75, 3.05) is 19.7 Å². The SMILES string of the molecule is Cc1ccc(OCCCNC(N)=NCC(C)C)cc1. The molecule has 0 heterocycles. The number of rotatable bonds is 7. The molecule has 0 aliphatic heterocycles. The van der Waals surface area contributed by atoms with E-state index in [1.54, 1.807) is 0 Å². The molecular formula is C15H25N3O. The second-order valence-electron chi connectivity index (χ2n) is 5.06. The number of nitrogens with two attached hydrogens (primary N) is 1. The van der Waals surface area contributed by atoms with Crippen LogP contribution in [-0.4, -0.2) is 25.7 Å². The highest BCUT2D eigenvalue weighted by molar-refractivity contribution is 5.77. The molecular weight excluding hydrogens is 238 g/mol. The summed E-state index contributed by atoms with van der Waals surface area (Å²) in [6, 6.07) is 8.07. The quantitative estimate of drug-likeness (QED) is 0.451. The average Bonchev–Trinajstić information content (AvgIpc) is 2.38. The van der Waals surface area contributed by atoms with Crippen LogP contribution in [0.25, 0.3) is 0 Å². The number of ether oxygens (including phenoxy) is 1. The number of aliphatic imine (C=N–C) groups is 1. The molecule has 106 valence electrons. The molecule has 4 heteroatoms. The number of hydrogen-bond acceptors (Lipinski definition) is 2. The van der Waals surface area contributed by atoms with Gasteiger partial charge in [0.25, 0.3) is 0 Å². The summed E-state index contributed by atoms with van der Waals surface area (Å²) in [6.07, 6.45) is 0.895. The lowest BCUT2D eigenvalue weighted by molar-refractivity contribution is 0.311. The van der Waals surface area contributed by atoms with Gasteiger partial charge in [-0.15, -0.1) is 0 Å². The van der Waals surface area contributed by atoms with Gasteiger partial charge >= 0.3 is 0 Å². The van der Waals surface area contributed by atoms with E-state index in [9.17, 15) is 0 Å². The third kappa shape index (κ3) is 7.34. The first-order valence-corrected chi connectivity index (χ1v) is 6.81. The van der Waals surface area contributed by atoms with Gasteiger partial charge in [0.05, 0.1) is 6.61 Å². The maximum atomic E-state index is 5.73. The van der Waals surface area contributed by atoms with Gasteiger partial charge in [-0.3, -0.25) is 4.99 Å². The number of nitrogens with zero attached hydrogens (tertiary/aromatic N) is 1. The van der Waals surface area contributed by atoms with Crippen LogP contribution in [0.5, 0.6) is 5.75 Å². The molecule has 0 fully saturated rings. The van der Waals surface area contributed by atoms with Crippen molar-refractivity contribution in [2.45, 2.75) is 27.2 Å². The van der Waals surface area contributed by atoms with Gasteiger partial charge in [0.1, 0.15) is 5.75 Å². The molecule has 0 aliphatic carbocycles. The van der Waals surface area contributed by atoms with Gasteiger partial charge in [-0.25, -0.2) is 0 Å². The van der Waals surface area contributed by atoms with Crippen molar-refractivity contribution in [3.8, 4) is 5.75 Å². The lowest BCUT2D eigenvalue weighted by Crippen LogP contribution is -2.33. The highest BCUT2D eigenvalue weighted by Gasteiger charge is 1.95. The van der Waals surface area contributed by atoms with E-state index in [4.69, 9.17) is 10.5 Å². The van der Waals surface area contributed by atoms with E-state index in [0.717, 1.165) is 25.3 Å². The second-order valence-corrected chi connectivity index (χ2v) is 5.06. The first kappa shape index (κ1) is 15.3. The van der Waals surface area contributed by atoms with Crippen LogP contribution in [0.4, 0.5) is 0 Å². The molecule has 0 amide bonds. The van der Waals surface area contributed by atoms with Crippen LogP contribution in [-0.2, 0) is 0 Å². The van der Waals surface area contributed by atoms with Crippen molar-refractivity contribution in [1.29, 1.82) is 0 Å². The molecule has 0 radical (unpaired) electrons. The van der Waals surface area contributed by atoms with Gasteiger partial charge in [0.2, 0.25) is 0 Å². The molecule has 0 unspecified atom stereocenters. The van der Waals surface area contributed by atoms with E-state index in [1.165, 1.54) is 5.56 Å². The zero-order valence-electron chi connectivity index (χ0n) is 12.1. The minimum Gasteiger partial charge on any atom is -0.494 e.